The van der Waals surface area contributed by atoms with Gasteiger partial charge in [0.05, 0.1) is 29.0 Å². The van der Waals surface area contributed by atoms with Crippen molar-refractivity contribution in [3.63, 3.8) is 0 Å². The van der Waals surface area contributed by atoms with Crippen LogP contribution in [0.25, 0.3) is 0 Å². The lowest BCUT2D eigenvalue weighted by Gasteiger charge is -2.14. The average molecular weight is 390 g/mol. The molecular formula is C18H22N4O4S. The normalized spacial score (nSPS) is 16.4. The molecule has 0 spiro atoms. The number of aromatic nitrogens is 2. The number of non-ortho nitro benzene ring substituents is 1. The van der Waals surface area contributed by atoms with Gasteiger partial charge in [-0.15, -0.1) is 0 Å². The molecule has 1 saturated heterocycles. The van der Waals surface area contributed by atoms with Crippen molar-refractivity contribution in [1.82, 2.24) is 9.55 Å². The summed E-state index contributed by atoms with van der Waals surface area (Å²) in [5.41, 5.74) is 2.37. The first-order valence-electron chi connectivity index (χ1n) is 8.76. The minimum atomic E-state index is -0.488. The minimum absolute atomic E-state index is 0.0567. The number of imidazole rings is 1. The molecule has 0 radical (unpaired) electrons. The van der Waals surface area contributed by atoms with Crippen LogP contribution in [0.1, 0.15) is 24.2 Å². The van der Waals surface area contributed by atoms with E-state index in [1.165, 1.54) is 23.9 Å². The molecule has 1 N–H and O–H groups in total. The van der Waals surface area contributed by atoms with Crippen molar-refractivity contribution < 1.29 is 14.5 Å². The van der Waals surface area contributed by atoms with Gasteiger partial charge in [0.1, 0.15) is 0 Å². The molecule has 1 aromatic heterocycles. The Hall–Kier alpha value is -2.39. The van der Waals surface area contributed by atoms with Crippen molar-refractivity contribution in [2.24, 2.45) is 0 Å². The lowest BCUT2D eigenvalue weighted by atomic mass is 10.2. The van der Waals surface area contributed by atoms with E-state index in [9.17, 15) is 14.9 Å². The first-order valence-corrected chi connectivity index (χ1v) is 9.75. The quantitative estimate of drug-likeness (QED) is 0.442. The lowest BCUT2D eigenvalue weighted by molar-refractivity contribution is -0.384. The van der Waals surface area contributed by atoms with Gasteiger partial charge in [-0.3, -0.25) is 14.9 Å². The van der Waals surface area contributed by atoms with E-state index in [-0.39, 0.29) is 23.5 Å². The number of hydrogen-bond acceptors (Lipinski definition) is 6. The van der Waals surface area contributed by atoms with Gasteiger partial charge in [-0.05, 0) is 32.8 Å². The fourth-order valence-corrected chi connectivity index (χ4v) is 3.87. The molecular weight excluding hydrogens is 368 g/mol. The van der Waals surface area contributed by atoms with Crippen LogP contribution >= 0.6 is 11.8 Å². The van der Waals surface area contributed by atoms with Gasteiger partial charge < -0.3 is 14.6 Å². The molecule has 9 heteroatoms. The maximum absolute atomic E-state index is 12.3. The third-order valence-corrected chi connectivity index (χ3v) is 5.48. The number of amides is 1. The van der Waals surface area contributed by atoms with Crippen LogP contribution in [0.4, 0.5) is 11.4 Å². The summed E-state index contributed by atoms with van der Waals surface area (Å²) in [5.74, 6) is -0.0631. The highest BCUT2D eigenvalue weighted by Gasteiger charge is 2.21. The van der Waals surface area contributed by atoms with Crippen LogP contribution in [-0.2, 0) is 16.1 Å². The molecule has 27 heavy (non-hydrogen) atoms. The number of thioether (sulfide) groups is 1. The fourth-order valence-electron chi connectivity index (χ4n) is 2.97. The number of aryl methyl sites for hydroxylation is 1. The Bertz CT molecular complexity index is 846. The topological polar surface area (TPSA) is 99.3 Å². The molecule has 1 aliphatic heterocycles. The zero-order valence-corrected chi connectivity index (χ0v) is 16.1. The second kappa shape index (κ2) is 8.53. The highest BCUT2D eigenvalue weighted by molar-refractivity contribution is 7.99. The molecule has 2 heterocycles. The van der Waals surface area contributed by atoms with Gasteiger partial charge >= 0.3 is 0 Å². The Morgan fingerprint density at radius 3 is 3.00 bits per heavy atom. The zero-order chi connectivity index (χ0) is 19.4. The van der Waals surface area contributed by atoms with E-state index in [1.54, 1.807) is 12.1 Å². The van der Waals surface area contributed by atoms with Gasteiger partial charge in [-0.2, -0.15) is 0 Å². The highest BCUT2D eigenvalue weighted by atomic mass is 32.2. The molecule has 0 bridgehead atoms. The van der Waals surface area contributed by atoms with E-state index < -0.39 is 4.92 Å². The second-order valence-electron chi connectivity index (χ2n) is 6.46. The number of nitro benzene ring substituents is 1. The maximum atomic E-state index is 12.3. The summed E-state index contributed by atoms with van der Waals surface area (Å²) in [5, 5.41) is 14.3. The van der Waals surface area contributed by atoms with Gasteiger partial charge in [0.2, 0.25) is 5.91 Å². The van der Waals surface area contributed by atoms with Crippen LogP contribution in [0, 0.1) is 24.0 Å². The molecule has 1 aliphatic rings. The second-order valence-corrected chi connectivity index (χ2v) is 7.40. The number of rotatable bonds is 7. The summed E-state index contributed by atoms with van der Waals surface area (Å²) in [6, 6.07) is 5.90. The smallest absolute Gasteiger partial charge is 0.271 e. The molecule has 0 aliphatic carbocycles. The molecule has 1 fully saturated rings. The van der Waals surface area contributed by atoms with Crippen molar-refractivity contribution in [2.45, 2.75) is 44.5 Å². The molecule has 1 amide bonds. The van der Waals surface area contributed by atoms with E-state index in [2.05, 4.69) is 14.9 Å². The zero-order valence-electron chi connectivity index (χ0n) is 15.3. The summed E-state index contributed by atoms with van der Waals surface area (Å²) >= 11 is 1.35. The number of nitrogens with one attached hydrogen (secondary N) is 1. The number of anilines is 1. The number of nitro groups is 1. The van der Waals surface area contributed by atoms with Gasteiger partial charge in [0.25, 0.3) is 5.69 Å². The molecule has 1 aromatic carbocycles. The predicted molar refractivity (Wildman–Crippen MR) is 103 cm³/mol. The van der Waals surface area contributed by atoms with Crippen LogP contribution in [0.5, 0.6) is 0 Å². The fraction of sp³-hybridized carbons (Fsp3) is 0.444. The van der Waals surface area contributed by atoms with Gasteiger partial charge in [-0.1, -0.05) is 17.8 Å². The number of carbonyl (C=O) groups is 1. The van der Waals surface area contributed by atoms with E-state index in [1.807, 2.05) is 13.8 Å². The largest absolute Gasteiger partial charge is 0.376 e. The van der Waals surface area contributed by atoms with E-state index in [4.69, 9.17) is 4.74 Å². The summed E-state index contributed by atoms with van der Waals surface area (Å²) < 4.78 is 7.83. The molecule has 0 saturated carbocycles. The Labute approximate surface area is 161 Å². The van der Waals surface area contributed by atoms with E-state index >= 15 is 0 Å². The minimum Gasteiger partial charge on any atom is -0.376 e. The third kappa shape index (κ3) is 4.86. The lowest BCUT2D eigenvalue weighted by Crippen LogP contribution is -2.18. The molecule has 3 rings (SSSR count). The monoisotopic (exact) mass is 390 g/mol. The Balaban J connectivity index is 1.62. The van der Waals surface area contributed by atoms with Crippen LogP contribution in [0.15, 0.2) is 29.4 Å². The number of benzene rings is 1. The average Bonchev–Trinajstić information content (AvgIpc) is 3.24. The Kier molecular flexibility index (Phi) is 6.12. The Morgan fingerprint density at radius 2 is 2.30 bits per heavy atom. The van der Waals surface area contributed by atoms with E-state index in [0.717, 1.165) is 42.5 Å². The summed E-state index contributed by atoms with van der Waals surface area (Å²) in [7, 11) is 0. The van der Waals surface area contributed by atoms with Crippen LogP contribution in [-0.4, -0.2) is 38.8 Å². The molecule has 2 aromatic rings. The van der Waals surface area contributed by atoms with Gasteiger partial charge in [-0.25, -0.2) is 4.98 Å². The number of nitrogens with zero attached hydrogens (tertiary/aromatic N) is 3. The van der Waals surface area contributed by atoms with Crippen LogP contribution < -0.4 is 5.32 Å². The molecule has 1 atom stereocenters. The van der Waals surface area contributed by atoms with Crippen molar-refractivity contribution in [3.8, 4) is 0 Å². The van der Waals surface area contributed by atoms with Crippen LogP contribution in [0.3, 0.4) is 0 Å². The first kappa shape index (κ1) is 19.4. The number of carbonyl (C=O) groups excluding carboxylic acids is 1. The van der Waals surface area contributed by atoms with Crippen molar-refractivity contribution >= 4 is 29.0 Å². The summed E-state index contributed by atoms with van der Waals surface area (Å²) in [6.45, 7) is 5.51. The van der Waals surface area contributed by atoms with Crippen molar-refractivity contribution in [1.29, 1.82) is 0 Å². The maximum Gasteiger partial charge on any atom is 0.271 e. The predicted octanol–water partition coefficient (Wildman–Crippen LogP) is 3.32. The van der Waals surface area contributed by atoms with Gasteiger partial charge in [0, 0.05) is 30.1 Å². The Morgan fingerprint density at radius 1 is 1.48 bits per heavy atom. The first-order chi connectivity index (χ1) is 12.9. The molecule has 1 unspecified atom stereocenters. The molecule has 144 valence electrons. The van der Waals surface area contributed by atoms with Crippen molar-refractivity contribution in [2.75, 3.05) is 17.7 Å². The third-order valence-electron chi connectivity index (χ3n) is 4.51. The standard InChI is InChI=1S/C18H22N4O4S/c1-12-13(2)21(10-16-7-4-8-26-16)18(19-12)27-11-17(23)20-14-5-3-6-15(9-14)22(24)25/h3,5-6,9,16H,4,7-8,10-11H2,1-2H3,(H,20,23). The van der Waals surface area contributed by atoms with Crippen molar-refractivity contribution in [3.05, 3.63) is 45.8 Å². The number of ether oxygens (including phenoxy) is 1. The SMILES string of the molecule is Cc1nc(SCC(=O)Nc2cccc([N+](=O)[O-])c2)n(CC2CCCO2)c1C. The highest BCUT2D eigenvalue weighted by Crippen LogP contribution is 2.25. The molecule has 8 nitrogen and oxygen atoms in total. The summed E-state index contributed by atoms with van der Waals surface area (Å²) in [6.07, 6.45) is 2.30. The number of hydrogen-bond donors (Lipinski definition) is 1. The van der Waals surface area contributed by atoms with Crippen LogP contribution in [0.2, 0.25) is 0 Å². The summed E-state index contributed by atoms with van der Waals surface area (Å²) in [4.78, 5) is 27.2. The van der Waals surface area contributed by atoms with Gasteiger partial charge in [0.15, 0.2) is 5.16 Å². The van der Waals surface area contributed by atoms with E-state index in [0.29, 0.717) is 5.69 Å².